The molecule has 19 heavy (non-hydrogen) atoms. The van der Waals surface area contributed by atoms with Crippen molar-refractivity contribution < 1.29 is 4.39 Å². The van der Waals surface area contributed by atoms with Crippen molar-refractivity contribution in [2.75, 3.05) is 6.54 Å². The Morgan fingerprint density at radius 3 is 3.00 bits per heavy atom. The average molecular weight is 282 g/mol. The third kappa shape index (κ3) is 3.78. The lowest BCUT2D eigenvalue weighted by Gasteiger charge is -2.17. The van der Waals surface area contributed by atoms with E-state index in [1.165, 1.54) is 6.07 Å². The fourth-order valence-corrected chi connectivity index (χ4v) is 2.17. The number of hydrogen-bond acceptors (Lipinski definition) is 2. The van der Waals surface area contributed by atoms with Crippen LogP contribution in [0, 0.1) is 5.82 Å². The average Bonchev–Trinajstić information content (AvgIpc) is 2.92. The topological polar surface area (TPSA) is 40.7 Å². The van der Waals surface area contributed by atoms with Gasteiger partial charge < -0.3 is 10.3 Å². The van der Waals surface area contributed by atoms with Gasteiger partial charge in [0.25, 0.3) is 0 Å². The summed E-state index contributed by atoms with van der Waals surface area (Å²) in [5.41, 5.74) is 0.595. The van der Waals surface area contributed by atoms with Gasteiger partial charge in [-0.25, -0.2) is 9.37 Å². The summed E-state index contributed by atoms with van der Waals surface area (Å²) in [5, 5.41) is 3.91. The monoisotopic (exact) mass is 281 g/mol. The molecule has 5 heteroatoms. The predicted molar refractivity (Wildman–Crippen MR) is 74.7 cm³/mol. The van der Waals surface area contributed by atoms with Gasteiger partial charge in [0.05, 0.1) is 6.04 Å². The highest BCUT2D eigenvalue weighted by atomic mass is 35.5. The SMILES string of the molecule is CCCNC(Cc1cc(Cl)ccc1F)c1ncc[nH]1. The molecule has 2 rings (SSSR count). The van der Waals surface area contributed by atoms with Gasteiger partial charge in [-0.1, -0.05) is 18.5 Å². The first kappa shape index (κ1) is 14.0. The molecule has 0 radical (unpaired) electrons. The molecule has 1 aromatic heterocycles. The van der Waals surface area contributed by atoms with Gasteiger partial charge in [-0.15, -0.1) is 0 Å². The number of H-pyrrole nitrogens is 1. The minimum Gasteiger partial charge on any atom is -0.347 e. The number of aromatic amines is 1. The van der Waals surface area contributed by atoms with E-state index in [-0.39, 0.29) is 11.9 Å². The molecule has 2 aromatic rings. The fourth-order valence-electron chi connectivity index (χ4n) is 1.97. The Kier molecular flexibility index (Phi) is 4.93. The van der Waals surface area contributed by atoms with E-state index in [1.807, 2.05) is 0 Å². The third-order valence-electron chi connectivity index (χ3n) is 2.92. The number of nitrogens with zero attached hydrogens (tertiary/aromatic N) is 1. The second-order valence-corrected chi connectivity index (χ2v) is 4.86. The van der Waals surface area contributed by atoms with Gasteiger partial charge in [-0.2, -0.15) is 0 Å². The van der Waals surface area contributed by atoms with E-state index in [0.717, 1.165) is 18.8 Å². The normalized spacial score (nSPS) is 12.6. The Balaban J connectivity index is 2.17. The fraction of sp³-hybridized carbons (Fsp3) is 0.357. The van der Waals surface area contributed by atoms with Crippen molar-refractivity contribution in [3.63, 3.8) is 0 Å². The van der Waals surface area contributed by atoms with Crippen LogP contribution in [-0.4, -0.2) is 16.5 Å². The van der Waals surface area contributed by atoms with Crippen LogP contribution < -0.4 is 5.32 Å². The highest BCUT2D eigenvalue weighted by molar-refractivity contribution is 6.30. The Bertz CT molecular complexity index is 513. The quantitative estimate of drug-likeness (QED) is 0.851. The maximum atomic E-state index is 13.8. The van der Waals surface area contributed by atoms with Crippen LogP contribution in [0.1, 0.15) is 30.8 Å². The van der Waals surface area contributed by atoms with Crippen LogP contribution >= 0.6 is 11.6 Å². The van der Waals surface area contributed by atoms with E-state index < -0.39 is 0 Å². The van der Waals surface area contributed by atoms with Crippen LogP contribution in [0.2, 0.25) is 5.02 Å². The number of aromatic nitrogens is 2. The van der Waals surface area contributed by atoms with Crippen molar-refractivity contribution in [3.8, 4) is 0 Å². The smallest absolute Gasteiger partial charge is 0.126 e. The van der Waals surface area contributed by atoms with Gasteiger partial charge in [-0.05, 0) is 43.1 Å². The molecule has 1 unspecified atom stereocenters. The molecular weight excluding hydrogens is 265 g/mol. The molecule has 0 saturated carbocycles. The molecule has 0 amide bonds. The highest BCUT2D eigenvalue weighted by Gasteiger charge is 2.16. The molecule has 0 bridgehead atoms. The van der Waals surface area contributed by atoms with E-state index >= 15 is 0 Å². The highest BCUT2D eigenvalue weighted by Crippen LogP contribution is 2.21. The van der Waals surface area contributed by atoms with Crippen LogP contribution in [0.15, 0.2) is 30.6 Å². The van der Waals surface area contributed by atoms with Crippen LogP contribution in [0.5, 0.6) is 0 Å². The van der Waals surface area contributed by atoms with Crippen molar-refractivity contribution >= 4 is 11.6 Å². The maximum absolute atomic E-state index is 13.8. The summed E-state index contributed by atoms with van der Waals surface area (Å²) in [4.78, 5) is 7.32. The first-order valence-electron chi connectivity index (χ1n) is 6.37. The number of hydrogen-bond donors (Lipinski definition) is 2. The van der Waals surface area contributed by atoms with E-state index in [0.29, 0.717) is 17.0 Å². The zero-order valence-electron chi connectivity index (χ0n) is 10.8. The van der Waals surface area contributed by atoms with E-state index in [1.54, 1.807) is 24.5 Å². The van der Waals surface area contributed by atoms with Gasteiger partial charge in [0.15, 0.2) is 0 Å². The van der Waals surface area contributed by atoms with Gasteiger partial charge >= 0.3 is 0 Å². The molecule has 1 aromatic carbocycles. The molecule has 0 spiro atoms. The van der Waals surface area contributed by atoms with Crippen LogP contribution in [0.4, 0.5) is 4.39 Å². The molecule has 2 N–H and O–H groups in total. The lowest BCUT2D eigenvalue weighted by molar-refractivity contribution is 0.495. The summed E-state index contributed by atoms with van der Waals surface area (Å²) in [5.74, 6) is 0.576. The van der Waals surface area contributed by atoms with Gasteiger partial charge in [-0.3, -0.25) is 0 Å². The Hall–Kier alpha value is -1.39. The summed E-state index contributed by atoms with van der Waals surface area (Å²) in [7, 11) is 0. The molecule has 0 aliphatic heterocycles. The maximum Gasteiger partial charge on any atom is 0.126 e. The Labute approximate surface area is 117 Å². The summed E-state index contributed by atoms with van der Waals surface area (Å²) in [6.07, 6.45) is 4.99. The van der Waals surface area contributed by atoms with E-state index in [9.17, 15) is 4.39 Å². The molecule has 0 saturated heterocycles. The predicted octanol–water partition coefficient (Wildman–Crippen LogP) is 3.49. The number of halogens is 2. The number of benzene rings is 1. The summed E-state index contributed by atoms with van der Waals surface area (Å²) in [6.45, 7) is 2.94. The molecule has 0 fully saturated rings. The summed E-state index contributed by atoms with van der Waals surface area (Å²) >= 11 is 5.92. The Morgan fingerprint density at radius 2 is 2.32 bits per heavy atom. The third-order valence-corrected chi connectivity index (χ3v) is 3.16. The van der Waals surface area contributed by atoms with Crippen molar-refractivity contribution in [2.45, 2.75) is 25.8 Å². The number of imidazole rings is 1. The molecule has 102 valence electrons. The lowest BCUT2D eigenvalue weighted by Crippen LogP contribution is -2.25. The van der Waals surface area contributed by atoms with E-state index in [4.69, 9.17) is 11.6 Å². The molecule has 1 heterocycles. The molecular formula is C14H17ClFN3. The van der Waals surface area contributed by atoms with Gasteiger partial charge in [0.1, 0.15) is 11.6 Å². The number of nitrogens with one attached hydrogen (secondary N) is 2. The second kappa shape index (κ2) is 6.68. The minimum atomic E-state index is -0.237. The van der Waals surface area contributed by atoms with Crippen molar-refractivity contribution in [2.24, 2.45) is 0 Å². The van der Waals surface area contributed by atoms with Crippen LogP contribution in [0.25, 0.3) is 0 Å². The zero-order chi connectivity index (χ0) is 13.7. The first-order chi connectivity index (χ1) is 9.20. The van der Waals surface area contributed by atoms with Crippen LogP contribution in [-0.2, 0) is 6.42 Å². The lowest BCUT2D eigenvalue weighted by atomic mass is 10.0. The van der Waals surface area contributed by atoms with E-state index in [2.05, 4.69) is 22.2 Å². The number of rotatable bonds is 6. The molecule has 3 nitrogen and oxygen atoms in total. The first-order valence-corrected chi connectivity index (χ1v) is 6.75. The van der Waals surface area contributed by atoms with Crippen molar-refractivity contribution in [1.82, 2.24) is 15.3 Å². The molecule has 0 aliphatic rings. The summed E-state index contributed by atoms with van der Waals surface area (Å²) < 4.78 is 13.8. The zero-order valence-corrected chi connectivity index (χ0v) is 11.5. The van der Waals surface area contributed by atoms with Crippen LogP contribution in [0.3, 0.4) is 0 Å². The van der Waals surface area contributed by atoms with Crippen molar-refractivity contribution in [1.29, 1.82) is 0 Å². The van der Waals surface area contributed by atoms with Gasteiger partial charge in [0.2, 0.25) is 0 Å². The molecule has 1 atom stereocenters. The van der Waals surface area contributed by atoms with Crippen molar-refractivity contribution in [3.05, 3.63) is 52.8 Å². The van der Waals surface area contributed by atoms with Gasteiger partial charge in [0, 0.05) is 17.4 Å². The molecule has 0 aliphatic carbocycles. The minimum absolute atomic E-state index is 0.0390. The Morgan fingerprint density at radius 1 is 1.47 bits per heavy atom. The standard InChI is InChI=1S/C14H17ClFN3/c1-2-5-17-13(14-18-6-7-19-14)9-10-8-11(15)3-4-12(10)16/h3-4,6-8,13,17H,2,5,9H2,1H3,(H,18,19). The second-order valence-electron chi connectivity index (χ2n) is 4.42. The summed E-state index contributed by atoms with van der Waals surface area (Å²) in [6, 6.07) is 4.58. The largest absolute Gasteiger partial charge is 0.347 e.